The average molecular weight is 553 g/mol. The number of hydrogen-bond donors (Lipinski definition) is 2. The third-order valence-electron chi connectivity index (χ3n) is 6.63. The van der Waals surface area contributed by atoms with Gasteiger partial charge in [-0.2, -0.15) is 0 Å². The Morgan fingerprint density at radius 1 is 1.21 bits per heavy atom. The van der Waals surface area contributed by atoms with Crippen LogP contribution < -0.4 is 5.32 Å². The van der Waals surface area contributed by atoms with Crippen LogP contribution in [-0.4, -0.2) is 58.7 Å². The van der Waals surface area contributed by atoms with Crippen molar-refractivity contribution >= 4 is 35.1 Å². The van der Waals surface area contributed by atoms with E-state index < -0.39 is 17.9 Å². The number of carbonyl (C=O) groups excluding carboxylic acids is 2. The number of esters is 1. The lowest BCUT2D eigenvalue weighted by Gasteiger charge is -2.20. The maximum atomic E-state index is 12.8. The maximum absolute atomic E-state index is 12.8. The summed E-state index contributed by atoms with van der Waals surface area (Å²) < 4.78 is 5.44. The van der Waals surface area contributed by atoms with Crippen molar-refractivity contribution in [1.82, 2.24) is 15.0 Å². The number of nitrogens with zero attached hydrogens (tertiary/aromatic N) is 3. The molecule has 1 aliphatic heterocycles. The molecule has 3 atom stereocenters. The molecule has 11 heteroatoms. The lowest BCUT2D eigenvalue weighted by Crippen LogP contribution is -2.25. The maximum Gasteiger partial charge on any atom is 0.356 e. The molecule has 1 aliphatic rings. The van der Waals surface area contributed by atoms with Crippen molar-refractivity contribution in [3.8, 4) is 0 Å². The number of hydroxylamine groups is 2. The summed E-state index contributed by atoms with van der Waals surface area (Å²) in [5, 5.41) is 13.9. The predicted molar refractivity (Wildman–Crippen MR) is 144 cm³/mol. The first-order valence-corrected chi connectivity index (χ1v) is 12.7. The number of nitrogens with one attached hydrogen (secondary N) is 1. The topological polar surface area (TPSA) is 131 Å². The summed E-state index contributed by atoms with van der Waals surface area (Å²) in [5.74, 6) is -2.52. The molecule has 1 saturated heterocycles. The highest BCUT2D eigenvalue weighted by atomic mass is 35.5. The molecule has 1 unspecified atom stereocenters. The highest BCUT2D eigenvalue weighted by molar-refractivity contribution is 6.29. The van der Waals surface area contributed by atoms with E-state index in [-0.39, 0.29) is 35.2 Å². The molecule has 10 nitrogen and oxygen atoms in total. The predicted octanol–water partition coefficient (Wildman–Crippen LogP) is 4.44. The summed E-state index contributed by atoms with van der Waals surface area (Å²) in [6, 6.07) is 13.6. The second-order valence-corrected chi connectivity index (χ2v) is 9.84. The first-order chi connectivity index (χ1) is 18.6. The quantitative estimate of drug-likeness (QED) is 0.224. The minimum atomic E-state index is -1.20. The first kappa shape index (κ1) is 28.0. The third kappa shape index (κ3) is 6.35. The van der Waals surface area contributed by atoms with Gasteiger partial charge in [0.15, 0.2) is 5.69 Å². The minimum Gasteiger partial charge on any atom is -0.476 e. The number of benzene rings is 1. The van der Waals surface area contributed by atoms with Gasteiger partial charge >= 0.3 is 11.9 Å². The Morgan fingerprint density at radius 3 is 2.59 bits per heavy atom. The fourth-order valence-corrected chi connectivity index (χ4v) is 4.73. The fourth-order valence-electron chi connectivity index (χ4n) is 4.58. The van der Waals surface area contributed by atoms with E-state index in [9.17, 15) is 19.5 Å². The molecule has 1 fully saturated rings. The van der Waals surface area contributed by atoms with Gasteiger partial charge in [0.05, 0.1) is 36.8 Å². The minimum absolute atomic E-state index is 0.0795. The van der Waals surface area contributed by atoms with E-state index in [1.54, 1.807) is 25.2 Å². The molecule has 0 saturated carbocycles. The van der Waals surface area contributed by atoms with Crippen LogP contribution in [0.15, 0.2) is 48.5 Å². The van der Waals surface area contributed by atoms with Gasteiger partial charge in [0.25, 0.3) is 5.91 Å². The lowest BCUT2D eigenvalue weighted by molar-refractivity contribution is -0.139. The molecule has 39 heavy (non-hydrogen) atoms. The van der Waals surface area contributed by atoms with Crippen LogP contribution in [-0.2, 0) is 20.8 Å². The number of carboxylic acid groups (broad SMARTS) is 1. The van der Waals surface area contributed by atoms with Gasteiger partial charge in [-0.1, -0.05) is 23.7 Å². The first-order valence-electron chi connectivity index (χ1n) is 12.3. The van der Waals surface area contributed by atoms with Crippen LogP contribution in [0.25, 0.3) is 0 Å². The number of halogens is 1. The molecule has 4 rings (SSSR count). The van der Waals surface area contributed by atoms with Crippen molar-refractivity contribution in [2.24, 2.45) is 5.92 Å². The van der Waals surface area contributed by atoms with Gasteiger partial charge in [0, 0.05) is 18.5 Å². The summed E-state index contributed by atoms with van der Waals surface area (Å²) in [7, 11) is 2.96. The second-order valence-electron chi connectivity index (χ2n) is 9.45. The number of carbonyl (C=O) groups is 3. The fraction of sp³-hybridized carbons (Fsp3) is 0.321. The molecule has 1 amide bonds. The molecule has 3 heterocycles. The third-order valence-corrected chi connectivity index (χ3v) is 6.84. The van der Waals surface area contributed by atoms with Gasteiger partial charge in [-0.3, -0.25) is 19.4 Å². The van der Waals surface area contributed by atoms with Crippen LogP contribution in [0.2, 0.25) is 5.15 Å². The standard InChI is InChI=1S/C28H29ClN4O6/c1-15-11-21(16(2)30-20-9-10-23(29)32-25(20)27(35)36)31-22(12-15)24-19(14-39-28(24)37)13-17-5-7-18(8-6-17)26(34)33(3)38-4/h5-12,16,19,24,30H,13-14H2,1-4H3,(H,35,36)/t16-,19?,24+/m1/s1. The monoisotopic (exact) mass is 552 g/mol. The van der Waals surface area contributed by atoms with Crippen molar-refractivity contribution in [1.29, 1.82) is 0 Å². The number of aryl methyl sites for hydroxylation is 1. The summed E-state index contributed by atoms with van der Waals surface area (Å²) in [6.07, 6.45) is 0.558. The number of ether oxygens (including phenoxy) is 1. The summed E-state index contributed by atoms with van der Waals surface area (Å²) >= 11 is 5.87. The van der Waals surface area contributed by atoms with Crippen LogP contribution >= 0.6 is 11.6 Å². The van der Waals surface area contributed by atoms with Crippen LogP contribution in [0.3, 0.4) is 0 Å². The van der Waals surface area contributed by atoms with Crippen LogP contribution in [0.4, 0.5) is 5.69 Å². The number of carboxylic acids is 1. The number of aromatic nitrogens is 2. The number of amides is 1. The van der Waals surface area contributed by atoms with E-state index in [1.165, 1.54) is 13.2 Å². The zero-order valence-electron chi connectivity index (χ0n) is 22.0. The largest absolute Gasteiger partial charge is 0.476 e. The number of cyclic esters (lactones) is 1. The van der Waals surface area contributed by atoms with E-state index in [0.717, 1.165) is 16.2 Å². The zero-order chi connectivity index (χ0) is 28.3. The van der Waals surface area contributed by atoms with Crippen LogP contribution in [0, 0.1) is 12.8 Å². The van der Waals surface area contributed by atoms with Crippen molar-refractivity contribution < 1.29 is 29.1 Å². The van der Waals surface area contributed by atoms with Gasteiger partial charge in [-0.15, -0.1) is 0 Å². The smallest absolute Gasteiger partial charge is 0.356 e. The SMILES string of the molecule is CON(C)C(=O)c1ccc(CC2COC(=O)[C@@H]2c2cc(C)cc([C@@H](C)Nc3ccc(Cl)nc3C(=O)O)n2)cc1. The molecule has 3 aromatic rings. The summed E-state index contributed by atoms with van der Waals surface area (Å²) in [5.41, 5.74) is 3.70. The van der Waals surface area contributed by atoms with Gasteiger partial charge in [0.1, 0.15) is 11.1 Å². The Balaban J connectivity index is 1.55. The molecule has 0 spiro atoms. The lowest BCUT2D eigenvalue weighted by atomic mass is 9.86. The zero-order valence-corrected chi connectivity index (χ0v) is 22.7. The molecule has 0 aliphatic carbocycles. The van der Waals surface area contributed by atoms with E-state index in [4.69, 9.17) is 26.2 Å². The van der Waals surface area contributed by atoms with Crippen molar-refractivity contribution in [3.63, 3.8) is 0 Å². The summed E-state index contributed by atoms with van der Waals surface area (Å²) in [4.78, 5) is 50.4. The van der Waals surface area contributed by atoms with Gasteiger partial charge in [-0.05, 0) is 67.8 Å². The Bertz CT molecular complexity index is 1400. The van der Waals surface area contributed by atoms with Crippen molar-refractivity contribution in [2.45, 2.75) is 32.2 Å². The highest BCUT2D eigenvalue weighted by Gasteiger charge is 2.39. The normalized spacial score (nSPS) is 17.4. The number of rotatable bonds is 9. The van der Waals surface area contributed by atoms with Gasteiger partial charge in [-0.25, -0.2) is 14.8 Å². The number of hydrogen-bond acceptors (Lipinski definition) is 8. The summed E-state index contributed by atoms with van der Waals surface area (Å²) in [6.45, 7) is 4.02. The molecule has 0 bridgehead atoms. The van der Waals surface area contributed by atoms with E-state index in [0.29, 0.717) is 29.1 Å². The van der Waals surface area contributed by atoms with Gasteiger partial charge in [0.2, 0.25) is 0 Å². The molecule has 2 N–H and O–H groups in total. The Kier molecular flexibility index (Phi) is 8.47. The Morgan fingerprint density at radius 2 is 1.92 bits per heavy atom. The number of aromatic carboxylic acids is 1. The molecule has 1 aromatic carbocycles. The van der Waals surface area contributed by atoms with Crippen molar-refractivity contribution in [3.05, 3.63) is 87.5 Å². The number of anilines is 1. The Labute approximate surface area is 230 Å². The van der Waals surface area contributed by atoms with Gasteiger partial charge < -0.3 is 15.2 Å². The molecule has 204 valence electrons. The number of pyridine rings is 2. The Hall–Kier alpha value is -4.02. The van der Waals surface area contributed by atoms with E-state index >= 15 is 0 Å². The molecular weight excluding hydrogens is 524 g/mol. The molecule has 2 aromatic heterocycles. The van der Waals surface area contributed by atoms with E-state index in [1.807, 2.05) is 38.1 Å². The van der Waals surface area contributed by atoms with Crippen molar-refractivity contribution in [2.75, 3.05) is 26.1 Å². The van der Waals surface area contributed by atoms with E-state index in [2.05, 4.69) is 10.3 Å². The average Bonchev–Trinajstić information content (AvgIpc) is 3.28. The highest BCUT2D eigenvalue weighted by Crippen LogP contribution is 2.35. The molecule has 0 radical (unpaired) electrons. The van der Waals surface area contributed by atoms with Crippen LogP contribution in [0.5, 0.6) is 0 Å². The molecular formula is C28H29ClN4O6. The second kappa shape index (κ2) is 11.8. The van der Waals surface area contributed by atoms with Crippen LogP contribution in [0.1, 0.15) is 62.2 Å².